The number of benzene rings is 1. The minimum absolute atomic E-state index is 0.00928. The number of para-hydroxylation sites is 1. The van der Waals surface area contributed by atoms with E-state index >= 15 is 0 Å². The number of carboxylic acids is 1. The van der Waals surface area contributed by atoms with Crippen LogP contribution < -0.4 is 4.74 Å². The van der Waals surface area contributed by atoms with E-state index in [2.05, 4.69) is 15.9 Å². The van der Waals surface area contributed by atoms with E-state index in [1.807, 2.05) is 0 Å². The van der Waals surface area contributed by atoms with Crippen molar-refractivity contribution in [3.63, 3.8) is 0 Å². The average molecular weight is 349 g/mol. The van der Waals surface area contributed by atoms with Crippen LogP contribution in [0.25, 0.3) is 6.08 Å². The number of hydrogen-bond donors (Lipinski definition) is 1. The van der Waals surface area contributed by atoms with Crippen LogP contribution in [0.15, 0.2) is 28.7 Å². The third kappa shape index (κ3) is 5.89. The molecule has 0 aromatic heterocycles. The van der Waals surface area contributed by atoms with Gasteiger partial charge in [0.05, 0.1) is 10.2 Å². The van der Waals surface area contributed by atoms with E-state index in [-0.39, 0.29) is 12.4 Å². The normalized spacial score (nSPS) is 11.7. The summed E-state index contributed by atoms with van der Waals surface area (Å²) in [6, 6.07) is 5.14. The maximum Gasteiger partial charge on any atom is 0.328 e. The predicted molar refractivity (Wildman–Crippen MR) is 76.0 cm³/mol. The highest BCUT2D eigenvalue weighted by Crippen LogP contribution is 2.30. The van der Waals surface area contributed by atoms with Crippen LogP contribution in [0.2, 0.25) is 0 Å². The van der Waals surface area contributed by atoms with Crippen molar-refractivity contribution in [3.8, 4) is 5.75 Å². The first kappa shape index (κ1) is 15.7. The molecule has 1 aromatic rings. The molecule has 0 spiro atoms. The summed E-state index contributed by atoms with van der Waals surface area (Å²) in [6.07, 6.45) is 3.51. The molecule has 0 unspecified atom stereocenters. The van der Waals surface area contributed by atoms with E-state index in [9.17, 15) is 13.2 Å². The Labute approximate surface area is 119 Å². The summed E-state index contributed by atoms with van der Waals surface area (Å²) in [5.41, 5.74) is 0.560. The number of carboxylic acid groups (broad SMARTS) is 1. The lowest BCUT2D eigenvalue weighted by Crippen LogP contribution is -2.12. The summed E-state index contributed by atoms with van der Waals surface area (Å²) >= 11 is 3.28. The number of halogens is 1. The summed E-state index contributed by atoms with van der Waals surface area (Å²) in [5.74, 6) is -0.748. The van der Waals surface area contributed by atoms with E-state index in [1.165, 1.54) is 6.08 Å². The van der Waals surface area contributed by atoms with Gasteiger partial charge in [-0.1, -0.05) is 12.1 Å². The molecule has 1 rings (SSSR count). The Morgan fingerprint density at radius 2 is 2.16 bits per heavy atom. The second kappa shape index (κ2) is 6.72. The van der Waals surface area contributed by atoms with Gasteiger partial charge >= 0.3 is 5.97 Å². The van der Waals surface area contributed by atoms with Gasteiger partial charge in [-0.2, -0.15) is 0 Å². The topological polar surface area (TPSA) is 80.7 Å². The molecule has 104 valence electrons. The van der Waals surface area contributed by atoms with Gasteiger partial charge in [0, 0.05) is 17.9 Å². The number of sulfone groups is 1. The maximum absolute atomic E-state index is 11.0. The van der Waals surface area contributed by atoms with Crippen LogP contribution in [0, 0.1) is 0 Å². The molecule has 0 fully saturated rings. The van der Waals surface area contributed by atoms with Gasteiger partial charge < -0.3 is 9.84 Å². The standard InChI is InChI=1S/C12H13BrO5S/c1-19(16,17)8-7-18-12-9(5-6-11(14)15)3-2-4-10(12)13/h2-6H,7-8H2,1H3,(H,14,15). The Bertz CT molecular complexity index is 592. The molecule has 0 heterocycles. The molecule has 0 aliphatic heterocycles. The third-order valence-corrected chi connectivity index (χ3v) is 3.64. The molecular weight excluding hydrogens is 336 g/mol. The SMILES string of the molecule is CS(=O)(=O)CCOc1c(Br)cccc1C=CC(=O)O. The molecule has 5 nitrogen and oxygen atoms in total. The molecule has 1 aromatic carbocycles. The minimum atomic E-state index is -3.10. The molecule has 1 N–H and O–H groups in total. The second-order valence-electron chi connectivity index (χ2n) is 3.81. The Hall–Kier alpha value is -1.34. The van der Waals surface area contributed by atoms with Crippen molar-refractivity contribution in [1.29, 1.82) is 0 Å². The molecule has 19 heavy (non-hydrogen) atoms. The molecule has 0 radical (unpaired) electrons. The first-order chi connectivity index (χ1) is 8.79. The Morgan fingerprint density at radius 1 is 1.47 bits per heavy atom. The van der Waals surface area contributed by atoms with Crippen molar-refractivity contribution in [2.45, 2.75) is 0 Å². The zero-order valence-electron chi connectivity index (χ0n) is 10.2. The molecule has 0 saturated carbocycles. The highest BCUT2D eigenvalue weighted by molar-refractivity contribution is 9.10. The Balaban J connectivity index is 2.89. The van der Waals surface area contributed by atoms with Gasteiger partial charge in [0.1, 0.15) is 12.4 Å². The lowest BCUT2D eigenvalue weighted by atomic mass is 10.2. The quantitative estimate of drug-likeness (QED) is 0.795. The molecule has 0 aliphatic carbocycles. The predicted octanol–water partition coefficient (Wildman–Crippen LogP) is 1.97. The van der Waals surface area contributed by atoms with Crippen molar-refractivity contribution >= 4 is 37.8 Å². The van der Waals surface area contributed by atoms with Crippen LogP contribution >= 0.6 is 15.9 Å². The fraction of sp³-hybridized carbons (Fsp3) is 0.250. The van der Waals surface area contributed by atoms with Crippen LogP contribution in [-0.4, -0.2) is 38.1 Å². The molecule has 0 amide bonds. The summed E-state index contributed by atoms with van der Waals surface area (Å²) in [4.78, 5) is 10.5. The van der Waals surface area contributed by atoms with Gasteiger partial charge in [-0.15, -0.1) is 0 Å². The highest BCUT2D eigenvalue weighted by atomic mass is 79.9. The largest absolute Gasteiger partial charge is 0.491 e. The summed E-state index contributed by atoms with van der Waals surface area (Å²) in [7, 11) is -3.10. The van der Waals surface area contributed by atoms with Gasteiger partial charge in [-0.25, -0.2) is 13.2 Å². The molecular formula is C12H13BrO5S. The van der Waals surface area contributed by atoms with Gasteiger partial charge in [-0.3, -0.25) is 0 Å². The summed E-state index contributed by atoms with van der Waals surface area (Å²) < 4.78 is 28.1. The van der Waals surface area contributed by atoms with Crippen molar-refractivity contribution in [3.05, 3.63) is 34.3 Å². The number of carbonyl (C=O) groups is 1. The minimum Gasteiger partial charge on any atom is -0.491 e. The van der Waals surface area contributed by atoms with E-state index in [0.29, 0.717) is 15.8 Å². The smallest absolute Gasteiger partial charge is 0.328 e. The monoisotopic (exact) mass is 348 g/mol. The van der Waals surface area contributed by atoms with E-state index in [1.54, 1.807) is 18.2 Å². The van der Waals surface area contributed by atoms with E-state index in [4.69, 9.17) is 9.84 Å². The van der Waals surface area contributed by atoms with Crippen LogP contribution in [0.1, 0.15) is 5.56 Å². The molecule has 0 aliphatic rings. The van der Waals surface area contributed by atoms with Gasteiger partial charge in [-0.05, 0) is 28.1 Å². The summed E-state index contributed by atoms with van der Waals surface area (Å²) in [5, 5.41) is 8.60. The second-order valence-corrected chi connectivity index (χ2v) is 6.92. The van der Waals surface area contributed by atoms with Crippen LogP contribution in [-0.2, 0) is 14.6 Å². The van der Waals surface area contributed by atoms with Crippen LogP contribution in [0.4, 0.5) is 0 Å². The first-order valence-corrected chi connectivity index (χ1v) is 8.15. The van der Waals surface area contributed by atoms with Gasteiger partial charge in [0.25, 0.3) is 0 Å². The fourth-order valence-electron chi connectivity index (χ4n) is 1.27. The lowest BCUT2D eigenvalue weighted by Gasteiger charge is -2.10. The van der Waals surface area contributed by atoms with Gasteiger partial charge in [0.2, 0.25) is 0 Å². The zero-order chi connectivity index (χ0) is 14.5. The lowest BCUT2D eigenvalue weighted by molar-refractivity contribution is -0.131. The van der Waals surface area contributed by atoms with Crippen LogP contribution in [0.3, 0.4) is 0 Å². The van der Waals surface area contributed by atoms with Crippen molar-refractivity contribution < 1.29 is 23.1 Å². The number of aliphatic carboxylic acids is 1. The summed E-state index contributed by atoms with van der Waals surface area (Å²) in [6.45, 7) is 0.00928. The van der Waals surface area contributed by atoms with Gasteiger partial charge in [0.15, 0.2) is 9.84 Å². The highest BCUT2D eigenvalue weighted by Gasteiger charge is 2.08. The Kier molecular flexibility index (Phi) is 5.56. The molecule has 0 bridgehead atoms. The maximum atomic E-state index is 11.0. The third-order valence-electron chi connectivity index (χ3n) is 2.10. The first-order valence-electron chi connectivity index (χ1n) is 5.29. The molecule has 0 atom stereocenters. The van der Waals surface area contributed by atoms with Crippen molar-refractivity contribution in [2.75, 3.05) is 18.6 Å². The van der Waals surface area contributed by atoms with Crippen molar-refractivity contribution in [1.82, 2.24) is 0 Å². The molecule has 7 heteroatoms. The fourth-order valence-corrected chi connectivity index (χ4v) is 2.15. The van der Waals surface area contributed by atoms with Crippen molar-refractivity contribution in [2.24, 2.45) is 0 Å². The Morgan fingerprint density at radius 3 is 2.74 bits per heavy atom. The number of rotatable bonds is 6. The number of ether oxygens (including phenoxy) is 1. The van der Waals surface area contributed by atoms with E-state index < -0.39 is 15.8 Å². The number of hydrogen-bond acceptors (Lipinski definition) is 4. The zero-order valence-corrected chi connectivity index (χ0v) is 12.6. The van der Waals surface area contributed by atoms with E-state index in [0.717, 1.165) is 12.3 Å². The average Bonchev–Trinajstić information content (AvgIpc) is 2.27. The molecule has 0 saturated heterocycles. The van der Waals surface area contributed by atoms with Crippen LogP contribution in [0.5, 0.6) is 5.75 Å².